The Balaban J connectivity index is 1.39. The maximum absolute atomic E-state index is 12.9. The molecule has 7 nitrogen and oxygen atoms in total. The van der Waals surface area contributed by atoms with Crippen molar-refractivity contribution in [3.8, 4) is 5.75 Å². The predicted octanol–water partition coefficient (Wildman–Crippen LogP) is 3.18. The van der Waals surface area contributed by atoms with Gasteiger partial charge in [0.15, 0.2) is 0 Å². The molecule has 0 aliphatic carbocycles. The maximum Gasteiger partial charge on any atom is 0.218 e. The van der Waals surface area contributed by atoms with Gasteiger partial charge in [0.05, 0.1) is 12.9 Å². The standard InChI is InChI=1S/C22H26N4O3S2/c1-29-20-10-5-9-19(15-20)16-21-23-22(30-24-21)25-11-6-12-26(14-13-25)31(27,28)17-18-7-3-2-4-8-18/h2-5,7-10,15H,6,11-14,16-17H2,1H3. The molecule has 31 heavy (non-hydrogen) atoms. The zero-order valence-electron chi connectivity index (χ0n) is 17.5. The molecule has 1 aromatic heterocycles. The van der Waals surface area contributed by atoms with Crippen LogP contribution in [0.25, 0.3) is 0 Å². The third-order valence-corrected chi connectivity index (χ3v) is 7.93. The number of methoxy groups -OCH3 is 1. The first kappa shape index (κ1) is 21.7. The molecule has 0 spiro atoms. The Hall–Kier alpha value is -2.49. The minimum Gasteiger partial charge on any atom is -0.497 e. The highest BCUT2D eigenvalue weighted by atomic mass is 32.2. The van der Waals surface area contributed by atoms with E-state index in [2.05, 4.69) is 9.27 Å². The summed E-state index contributed by atoms with van der Waals surface area (Å²) in [6, 6.07) is 17.2. The van der Waals surface area contributed by atoms with E-state index < -0.39 is 10.0 Å². The van der Waals surface area contributed by atoms with Crippen LogP contribution in [-0.2, 0) is 22.2 Å². The molecule has 0 unspecified atom stereocenters. The van der Waals surface area contributed by atoms with Crippen LogP contribution in [0.4, 0.5) is 5.13 Å². The van der Waals surface area contributed by atoms with Gasteiger partial charge in [-0.1, -0.05) is 42.5 Å². The lowest BCUT2D eigenvalue weighted by molar-refractivity contribution is 0.414. The van der Waals surface area contributed by atoms with Crippen molar-refractivity contribution in [2.24, 2.45) is 0 Å². The van der Waals surface area contributed by atoms with Crippen LogP contribution < -0.4 is 9.64 Å². The molecule has 3 aromatic rings. The monoisotopic (exact) mass is 458 g/mol. The second-order valence-electron chi connectivity index (χ2n) is 7.50. The van der Waals surface area contributed by atoms with E-state index in [0.717, 1.165) is 40.8 Å². The van der Waals surface area contributed by atoms with Crippen molar-refractivity contribution in [3.63, 3.8) is 0 Å². The number of aromatic nitrogens is 2. The molecular weight excluding hydrogens is 432 g/mol. The molecule has 1 aliphatic heterocycles. The van der Waals surface area contributed by atoms with Gasteiger partial charge in [0.25, 0.3) is 0 Å². The van der Waals surface area contributed by atoms with E-state index in [1.165, 1.54) is 11.5 Å². The quantitative estimate of drug-likeness (QED) is 0.541. The number of hydrogen-bond acceptors (Lipinski definition) is 7. The van der Waals surface area contributed by atoms with Crippen LogP contribution >= 0.6 is 11.5 Å². The van der Waals surface area contributed by atoms with Crippen LogP contribution in [0.2, 0.25) is 0 Å². The lowest BCUT2D eigenvalue weighted by Gasteiger charge is -2.21. The third kappa shape index (κ3) is 5.61. The Kier molecular flexibility index (Phi) is 6.84. The van der Waals surface area contributed by atoms with Crippen LogP contribution in [0.15, 0.2) is 54.6 Å². The number of rotatable bonds is 7. The van der Waals surface area contributed by atoms with Gasteiger partial charge in [0.2, 0.25) is 15.2 Å². The molecule has 4 rings (SSSR count). The van der Waals surface area contributed by atoms with Crippen molar-refractivity contribution >= 4 is 26.7 Å². The molecule has 0 atom stereocenters. The van der Waals surface area contributed by atoms with E-state index in [9.17, 15) is 8.42 Å². The Bertz CT molecular complexity index is 1100. The third-order valence-electron chi connectivity index (χ3n) is 5.26. The zero-order chi connectivity index (χ0) is 21.7. The maximum atomic E-state index is 12.9. The van der Waals surface area contributed by atoms with Crippen LogP contribution in [0.3, 0.4) is 0 Å². The molecule has 0 amide bonds. The zero-order valence-corrected chi connectivity index (χ0v) is 19.1. The van der Waals surface area contributed by atoms with Gasteiger partial charge in [-0.05, 0) is 29.7 Å². The topological polar surface area (TPSA) is 75.6 Å². The molecule has 9 heteroatoms. The molecule has 0 bridgehead atoms. The first-order chi connectivity index (χ1) is 15.0. The summed E-state index contributed by atoms with van der Waals surface area (Å²) < 4.78 is 37.2. The van der Waals surface area contributed by atoms with Gasteiger partial charge in [-0.3, -0.25) is 0 Å². The van der Waals surface area contributed by atoms with Gasteiger partial charge in [0, 0.05) is 44.1 Å². The minimum atomic E-state index is -3.35. The summed E-state index contributed by atoms with van der Waals surface area (Å²) in [6.07, 6.45) is 1.40. The highest BCUT2D eigenvalue weighted by Crippen LogP contribution is 2.23. The molecule has 0 saturated carbocycles. The van der Waals surface area contributed by atoms with Gasteiger partial charge in [-0.15, -0.1) is 0 Å². The lowest BCUT2D eigenvalue weighted by Crippen LogP contribution is -2.36. The molecule has 164 valence electrons. The van der Waals surface area contributed by atoms with E-state index in [4.69, 9.17) is 9.72 Å². The Morgan fingerprint density at radius 3 is 2.61 bits per heavy atom. The number of sulfonamides is 1. The van der Waals surface area contributed by atoms with Gasteiger partial charge in [0.1, 0.15) is 11.6 Å². The average molecular weight is 459 g/mol. The molecule has 0 radical (unpaired) electrons. The van der Waals surface area contributed by atoms with E-state index >= 15 is 0 Å². The molecule has 0 N–H and O–H groups in total. The van der Waals surface area contributed by atoms with E-state index in [0.29, 0.717) is 26.1 Å². The van der Waals surface area contributed by atoms with Gasteiger partial charge < -0.3 is 9.64 Å². The summed E-state index contributed by atoms with van der Waals surface area (Å²) in [5, 5.41) is 0.847. The molecule has 2 aromatic carbocycles. The summed E-state index contributed by atoms with van der Waals surface area (Å²) in [4.78, 5) is 6.85. The van der Waals surface area contributed by atoms with Crippen molar-refractivity contribution in [1.29, 1.82) is 0 Å². The smallest absolute Gasteiger partial charge is 0.218 e. The number of ether oxygens (including phenoxy) is 1. The van der Waals surface area contributed by atoms with Gasteiger partial charge in [-0.2, -0.15) is 8.68 Å². The summed E-state index contributed by atoms with van der Waals surface area (Å²) in [6.45, 7) is 2.37. The van der Waals surface area contributed by atoms with E-state index in [1.54, 1.807) is 11.4 Å². The number of benzene rings is 2. The van der Waals surface area contributed by atoms with Gasteiger partial charge >= 0.3 is 0 Å². The fourth-order valence-corrected chi connectivity index (χ4v) is 5.95. The van der Waals surface area contributed by atoms with Crippen molar-refractivity contribution < 1.29 is 13.2 Å². The molecule has 1 aliphatic rings. The fraction of sp³-hybridized carbons (Fsp3) is 0.364. The second kappa shape index (κ2) is 9.76. The highest BCUT2D eigenvalue weighted by molar-refractivity contribution is 7.88. The van der Waals surface area contributed by atoms with Crippen LogP contribution in [0, 0.1) is 0 Å². The summed E-state index contributed by atoms with van der Waals surface area (Å²) >= 11 is 1.37. The van der Waals surface area contributed by atoms with Crippen LogP contribution in [-0.4, -0.2) is 55.4 Å². The van der Waals surface area contributed by atoms with Crippen molar-refractivity contribution in [2.45, 2.75) is 18.6 Å². The van der Waals surface area contributed by atoms with Crippen molar-refractivity contribution in [3.05, 3.63) is 71.5 Å². The largest absolute Gasteiger partial charge is 0.497 e. The van der Waals surface area contributed by atoms with Crippen molar-refractivity contribution in [1.82, 2.24) is 13.7 Å². The Labute approximate surface area is 187 Å². The van der Waals surface area contributed by atoms with Crippen LogP contribution in [0.1, 0.15) is 23.4 Å². The second-order valence-corrected chi connectivity index (χ2v) is 10.2. The number of hydrogen-bond donors (Lipinski definition) is 0. The van der Waals surface area contributed by atoms with Gasteiger partial charge in [-0.25, -0.2) is 13.4 Å². The molecular formula is C22H26N4O3S2. The Morgan fingerprint density at radius 1 is 1.00 bits per heavy atom. The molecule has 2 heterocycles. The average Bonchev–Trinajstić information content (AvgIpc) is 3.08. The lowest BCUT2D eigenvalue weighted by atomic mass is 10.1. The summed E-state index contributed by atoms with van der Waals surface area (Å²) in [5.74, 6) is 1.63. The molecule has 1 fully saturated rings. The molecule has 1 saturated heterocycles. The SMILES string of the molecule is COc1cccc(Cc2nsc(N3CCCN(S(=O)(=O)Cc4ccccc4)CC3)n2)c1. The van der Waals surface area contributed by atoms with Crippen LogP contribution in [0.5, 0.6) is 5.75 Å². The summed E-state index contributed by atoms with van der Waals surface area (Å²) in [7, 11) is -1.69. The summed E-state index contributed by atoms with van der Waals surface area (Å²) in [5.41, 5.74) is 1.91. The van der Waals surface area contributed by atoms with E-state index in [-0.39, 0.29) is 5.75 Å². The predicted molar refractivity (Wildman–Crippen MR) is 123 cm³/mol. The first-order valence-electron chi connectivity index (χ1n) is 10.3. The Morgan fingerprint density at radius 2 is 1.81 bits per heavy atom. The number of anilines is 1. The van der Waals surface area contributed by atoms with E-state index in [1.807, 2.05) is 54.6 Å². The minimum absolute atomic E-state index is 0.0390. The fourth-order valence-electron chi connectivity index (χ4n) is 3.65. The normalized spacial score (nSPS) is 15.6. The first-order valence-corrected chi connectivity index (χ1v) is 12.6. The highest BCUT2D eigenvalue weighted by Gasteiger charge is 2.26. The van der Waals surface area contributed by atoms with Crippen molar-refractivity contribution in [2.75, 3.05) is 38.2 Å². The number of nitrogens with zero attached hydrogens (tertiary/aromatic N) is 4.